The van der Waals surface area contributed by atoms with Crippen LogP contribution in [0.3, 0.4) is 0 Å². The lowest BCUT2D eigenvalue weighted by atomic mass is 9.98. The number of aromatic nitrogens is 2. The van der Waals surface area contributed by atoms with E-state index in [1.807, 2.05) is 48.5 Å². The van der Waals surface area contributed by atoms with Crippen LogP contribution in [-0.2, 0) is 0 Å². The number of nitrogens with zero attached hydrogens (tertiary/aromatic N) is 2. The summed E-state index contributed by atoms with van der Waals surface area (Å²) in [5, 5.41) is 0. The topological polar surface area (TPSA) is 44.2 Å². The molecule has 0 saturated heterocycles. The molecule has 0 bridgehead atoms. The van der Waals surface area contributed by atoms with E-state index in [9.17, 15) is 0 Å². The monoisotopic (exact) mass is 372 g/mol. The van der Waals surface area contributed by atoms with E-state index in [1.165, 1.54) is 11.7 Å². The van der Waals surface area contributed by atoms with Gasteiger partial charge in [-0.25, -0.2) is 0 Å². The molecule has 3 aromatic carbocycles. The fourth-order valence-corrected chi connectivity index (χ4v) is 3.53. The highest BCUT2D eigenvalue weighted by atomic mass is 32.1. The summed E-state index contributed by atoms with van der Waals surface area (Å²) in [6.45, 7) is 0.260. The maximum Gasteiger partial charge on any atom is 0.148 e. The third kappa shape index (κ3) is 3.35. The van der Waals surface area contributed by atoms with Gasteiger partial charge in [0.25, 0.3) is 0 Å². The van der Waals surface area contributed by atoms with E-state index < -0.39 is 0 Å². The number of benzene rings is 3. The lowest BCUT2D eigenvalue weighted by Gasteiger charge is -2.09. The maximum absolute atomic E-state index is 5.44. The smallest absolute Gasteiger partial charge is 0.148 e. The predicted octanol–water partition coefficient (Wildman–Crippen LogP) is 5.05. The second-order valence-corrected chi connectivity index (χ2v) is 6.40. The normalized spacial score (nSPS) is 10.5. The predicted molar refractivity (Wildman–Crippen MR) is 109 cm³/mol. The van der Waals surface area contributed by atoms with Crippen LogP contribution in [0.5, 0.6) is 11.5 Å². The van der Waals surface area contributed by atoms with E-state index in [4.69, 9.17) is 15.9 Å². The molecule has 0 aliphatic heterocycles. The van der Waals surface area contributed by atoms with Gasteiger partial charge in [-0.05, 0) is 35.4 Å². The molecule has 0 aliphatic rings. The molecule has 27 heavy (non-hydrogen) atoms. The van der Waals surface area contributed by atoms with Gasteiger partial charge in [-0.15, -0.1) is 6.42 Å². The molecule has 4 nitrogen and oxygen atoms in total. The zero-order chi connectivity index (χ0) is 18.6. The van der Waals surface area contributed by atoms with Gasteiger partial charge in [0.05, 0.1) is 18.8 Å². The van der Waals surface area contributed by atoms with E-state index in [0.717, 1.165) is 44.8 Å². The van der Waals surface area contributed by atoms with Gasteiger partial charge in [0, 0.05) is 11.1 Å². The molecule has 0 N–H and O–H groups in total. The van der Waals surface area contributed by atoms with Crippen molar-refractivity contribution in [2.75, 3.05) is 13.7 Å². The second kappa shape index (κ2) is 7.48. The van der Waals surface area contributed by atoms with E-state index >= 15 is 0 Å². The SMILES string of the molecule is C#CCOc1ccc(-c2ccc(-c3ccc(OC)cc3)c3nsnc23)cc1. The molecule has 132 valence electrons. The van der Waals surface area contributed by atoms with Crippen molar-refractivity contribution >= 4 is 22.8 Å². The van der Waals surface area contributed by atoms with Crippen LogP contribution in [0.4, 0.5) is 0 Å². The number of rotatable bonds is 5. The first-order valence-electron chi connectivity index (χ1n) is 8.36. The van der Waals surface area contributed by atoms with Crippen molar-refractivity contribution in [2.45, 2.75) is 0 Å². The van der Waals surface area contributed by atoms with Gasteiger partial charge in [-0.2, -0.15) is 8.75 Å². The Labute approximate surface area is 161 Å². The molecule has 0 saturated carbocycles. The van der Waals surface area contributed by atoms with E-state index in [-0.39, 0.29) is 6.61 Å². The zero-order valence-electron chi connectivity index (χ0n) is 14.7. The Morgan fingerprint density at radius 2 is 1.33 bits per heavy atom. The quantitative estimate of drug-likeness (QED) is 0.460. The van der Waals surface area contributed by atoms with Gasteiger partial charge in [-0.3, -0.25) is 0 Å². The van der Waals surface area contributed by atoms with Crippen molar-refractivity contribution < 1.29 is 9.47 Å². The Morgan fingerprint density at radius 3 is 1.81 bits per heavy atom. The molecular weight excluding hydrogens is 356 g/mol. The highest BCUT2D eigenvalue weighted by Crippen LogP contribution is 2.35. The van der Waals surface area contributed by atoms with Crippen LogP contribution in [0, 0.1) is 12.3 Å². The summed E-state index contributed by atoms with van der Waals surface area (Å²) in [6, 6.07) is 20.0. The molecule has 0 unspecified atom stereocenters. The third-order valence-electron chi connectivity index (χ3n) is 4.30. The summed E-state index contributed by atoms with van der Waals surface area (Å²) >= 11 is 1.22. The number of ether oxygens (including phenoxy) is 2. The average Bonchev–Trinajstić information content (AvgIpc) is 3.22. The molecule has 4 aromatic rings. The molecule has 0 aliphatic carbocycles. The summed E-state index contributed by atoms with van der Waals surface area (Å²) in [5.74, 6) is 4.04. The van der Waals surface area contributed by atoms with Gasteiger partial charge in [0.2, 0.25) is 0 Å². The fourth-order valence-electron chi connectivity index (χ4n) is 2.96. The lowest BCUT2D eigenvalue weighted by Crippen LogP contribution is -1.93. The van der Waals surface area contributed by atoms with Crippen LogP contribution in [0.25, 0.3) is 33.3 Å². The minimum absolute atomic E-state index is 0.260. The van der Waals surface area contributed by atoms with Crippen molar-refractivity contribution in [1.82, 2.24) is 8.75 Å². The maximum atomic E-state index is 5.44. The van der Waals surface area contributed by atoms with Gasteiger partial charge in [0.15, 0.2) is 0 Å². The van der Waals surface area contributed by atoms with Crippen molar-refractivity contribution in [3.8, 4) is 46.1 Å². The third-order valence-corrected chi connectivity index (χ3v) is 4.83. The number of fused-ring (bicyclic) bond motifs is 1. The number of methoxy groups -OCH3 is 1. The fraction of sp³-hybridized carbons (Fsp3) is 0.0909. The van der Waals surface area contributed by atoms with Crippen LogP contribution < -0.4 is 9.47 Å². The van der Waals surface area contributed by atoms with Crippen LogP contribution >= 0.6 is 11.7 Å². The summed E-state index contributed by atoms with van der Waals surface area (Å²) in [6.07, 6.45) is 5.23. The first kappa shape index (κ1) is 17.1. The average molecular weight is 372 g/mol. The highest BCUT2D eigenvalue weighted by Gasteiger charge is 2.13. The van der Waals surface area contributed by atoms with Crippen molar-refractivity contribution in [1.29, 1.82) is 0 Å². The minimum Gasteiger partial charge on any atom is -0.497 e. The molecule has 1 aromatic heterocycles. The van der Waals surface area contributed by atoms with Crippen LogP contribution in [0.1, 0.15) is 0 Å². The number of hydrogen-bond acceptors (Lipinski definition) is 5. The van der Waals surface area contributed by atoms with Crippen molar-refractivity contribution in [2.24, 2.45) is 0 Å². The standard InChI is InChI=1S/C22H16N2O2S/c1-3-14-26-18-10-6-16(7-11-18)20-13-12-19(21-22(20)24-27-23-21)15-4-8-17(25-2)9-5-15/h1,4-13H,14H2,2H3. The summed E-state index contributed by atoms with van der Waals surface area (Å²) in [7, 11) is 1.66. The Morgan fingerprint density at radius 1 is 0.815 bits per heavy atom. The first-order valence-corrected chi connectivity index (χ1v) is 9.09. The van der Waals surface area contributed by atoms with E-state index in [0.29, 0.717) is 0 Å². The lowest BCUT2D eigenvalue weighted by molar-refractivity contribution is 0.370. The van der Waals surface area contributed by atoms with E-state index in [2.05, 4.69) is 26.8 Å². The van der Waals surface area contributed by atoms with Gasteiger partial charge >= 0.3 is 0 Å². The van der Waals surface area contributed by atoms with Gasteiger partial charge in [-0.1, -0.05) is 42.3 Å². The Bertz CT molecular complexity index is 1110. The van der Waals surface area contributed by atoms with E-state index in [1.54, 1.807) is 7.11 Å². The molecule has 4 rings (SSSR count). The summed E-state index contributed by atoms with van der Waals surface area (Å²) in [4.78, 5) is 0. The largest absolute Gasteiger partial charge is 0.497 e. The van der Waals surface area contributed by atoms with Crippen LogP contribution in [0.15, 0.2) is 60.7 Å². The molecule has 1 heterocycles. The summed E-state index contributed by atoms with van der Waals surface area (Å²) < 4.78 is 19.8. The molecule has 0 spiro atoms. The Hall–Kier alpha value is -3.36. The molecular formula is C22H16N2O2S. The Kier molecular flexibility index (Phi) is 4.73. The van der Waals surface area contributed by atoms with Crippen molar-refractivity contribution in [3.05, 3.63) is 60.7 Å². The first-order chi connectivity index (χ1) is 13.3. The summed E-state index contributed by atoms with van der Waals surface area (Å²) in [5.41, 5.74) is 6.03. The molecule has 0 amide bonds. The van der Waals surface area contributed by atoms with Crippen LogP contribution in [-0.4, -0.2) is 22.5 Å². The second-order valence-electron chi connectivity index (χ2n) is 5.87. The zero-order valence-corrected chi connectivity index (χ0v) is 15.5. The highest BCUT2D eigenvalue weighted by molar-refractivity contribution is 7.00. The number of terminal acetylenes is 1. The Balaban J connectivity index is 1.74. The van der Waals surface area contributed by atoms with Gasteiger partial charge in [0.1, 0.15) is 29.1 Å². The van der Waals surface area contributed by atoms with Gasteiger partial charge < -0.3 is 9.47 Å². The van der Waals surface area contributed by atoms with Crippen molar-refractivity contribution in [3.63, 3.8) is 0 Å². The molecule has 0 fully saturated rings. The number of hydrogen-bond donors (Lipinski definition) is 0. The van der Waals surface area contributed by atoms with Crippen LogP contribution in [0.2, 0.25) is 0 Å². The molecule has 0 radical (unpaired) electrons. The molecule has 0 atom stereocenters. The minimum atomic E-state index is 0.260. The molecule has 5 heteroatoms.